The van der Waals surface area contributed by atoms with Gasteiger partial charge < -0.3 is 19.5 Å². The monoisotopic (exact) mass is 303 g/mol. The van der Waals surface area contributed by atoms with Crippen molar-refractivity contribution in [3.63, 3.8) is 0 Å². The molecule has 0 radical (unpaired) electrons. The minimum Gasteiger partial charge on any atom is -0.444 e. The van der Waals surface area contributed by atoms with Crippen molar-refractivity contribution in [2.75, 3.05) is 13.2 Å². The molecule has 0 aliphatic carbocycles. The average Bonchev–Trinajstić information content (AvgIpc) is 2.80. The summed E-state index contributed by atoms with van der Waals surface area (Å²) in [5.41, 5.74) is -0.535. The van der Waals surface area contributed by atoms with E-state index in [4.69, 9.17) is 14.2 Å². The van der Waals surface area contributed by atoms with Crippen molar-refractivity contribution in [1.29, 1.82) is 0 Å². The Morgan fingerprint density at radius 3 is 2.45 bits per heavy atom. The molecule has 2 saturated heterocycles. The molecular formula is C13H21NO5S. The Morgan fingerprint density at radius 2 is 1.85 bits per heavy atom. The van der Waals surface area contributed by atoms with Gasteiger partial charge in [0.2, 0.25) is 0 Å². The van der Waals surface area contributed by atoms with E-state index in [2.05, 4.69) is 5.32 Å². The first-order valence-corrected chi connectivity index (χ1v) is 7.54. The Labute approximate surface area is 122 Å². The highest BCUT2D eigenvalue weighted by molar-refractivity contribution is 8.14. The van der Waals surface area contributed by atoms with Crippen molar-refractivity contribution in [3.05, 3.63) is 0 Å². The summed E-state index contributed by atoms with van der Waals surface area (Å²) in [6, 6.07) is -0.229. The fourth-order valence-electron chi connectivity index (χ4n) is 2.36. The second kappa shape index (κ2) is 5.91. The van der Waals surface area contributed by atoms with Gasteiger partial charge in [-0.3, -0.25) is 4.79 Å². The zero-order valence-electron chi connectivity index (χ0n) is 12.2. The quantitative estimate of drug-likeness (QED) is 0.829. The van der Waals surface area contributed by atoms with E-state index in [9.17, 15) is 9.59 Å². The minimum absolute atomic E-state index is 0.00272. The van der Waals surface area contributed by atoms with Gasteiger partial charge in [-0.15, -0.1) is 0 Å². The third-order valence-corrected chi connectivity index (χ3v) is 4.07. The van der Waals surface area contributed by atoms with Crippen molar-refractivity contribution < 1.29 is 23.8 Å². The lowest BCUT2D eigenvalue weighted by molar-refractivity contribution is -0.109. The molecule has 2 aliphatic rings. The van der Waals surface area contributed by atoms with E-state index in [1.54, 1.807) is 0 Å². The topological polar surface area (TPSA) is 73.9 Å². The van der Waals surface area contributed by atoms with Crippen LogP contribution in [-0.4, -0.2) is 53.5 Å². The fraction of sp³-hybridized carbons (Fsp3) is 0.846. The van der Waals surface area contributed by atoms with E-state index in [0.29, 0.717) is 13.2 Å². The first-order chi connectivity index (χ1) is 9.26. The van der Waals surface area contributed by atoms with Gasteiger partial charge in [-0.25, -0.2) is 4.79 Å². The van der Waals surface area contributed by atoms with Gasteiger partial charge in [0.25, 0.3) is 0 Å². The molecule has 2 fully saturated rings. The largest absolute Gasteiger partial charge is 0.444 e. The molecule has 0 spiro atoms. The number of carbonyl (C=O) groups excluding carboxylic acids is 2. The molecule has 2 rings (SSSR count). The third-order valence-electron chi connectivity index (χ3n) is 3.03. The van der Waals surface area contributed by atoms with Gasteiger partial charge in [-0.2, -0.15) is 0 Å². The van der Waals surface area contributed by atoms with E-state index in [-0.39, 0.29) is 28.6 Å². The van der Waals surface area contributed by atoms with Gasteiger partial charge in [0.05, 0.1) is 24.5 Å². The van der Waals surface area contributed by atoms with Crippen LogP contribution in [0.2, 0.25) is 0 Å². The van der Waals surface area contributed by atoms with Crippen LogP contribution >= 0.6 is 11.8 Å². The normalized spacial score (nSPS) is 32.8. The molecule has 2 aliphatic heterocycles. The lowest BCUT2D eigenvalue weighted by Gasteiger charge is -2.23. The minimum atomic E-state index is -0.535. The molecule has 0 bridgehead atoms. The zero-order chi connectivity index (χ0) is 14.9. The maximum absolute atomic E-state index is 11.8. The lowest BCUT2D eigenvalue weighted by atomic mass is 10.1. The number of amides is 1. The fourth-order valence-corrected chi connectivity index (χ4v) is 3.30. The second-order valence-corrected chi connectivity index (χ2v) is 7.41. The molecular weight excluding hydrogens is 282 g/mol. The maximum Gasteiger partial charge on any atom is 0.408 e. The van der Waals surface area contributed by atoms with Crippen LogP contribution in [0.15, 0.2) is 0 Å². The number of alkyl carbamates (subject to hydrolysis) is 1. The summed E-state index contributed by atoms with van der Waals surface area (Å²) in [5, 5.41) is 2.83. The number of carbonyl (C=O) groups is 2. The molecule has 114 valence electrons. The second-order valence-electron chi connectivity index (χ2n) is 6.00. The Hall–Kier alpha value is -0.790. The van der Waals surface area contributed by atoms with E-state index in [1.165, 1.54) is 18.7 Å². The summed E-state index contributed by atoms with van der Waals surface area (Å²) in [6.07, 6.45) is -0.832. The molecule has 7 heteroatoms. The predicted molar refractivity (Wildman–Crippen MR) is 74.7 cm³/mol. The molecule has 1 amide bonds. The Balaban J connectivity index is 1.88. The molecule has 0 aromatic rings. The van der Waals surface area contributed by atoms with E-state index >= 15 is 0 Å². The summed E-state index contributed by atoms with van der Waals surface area (Å²) >= 11 is 1.24. The Bertz CT molecular complexity index is 395. The summed E-state index contributed by atoms with van der Waals surface area (Å²) < 4.78 is 16.6. The van der Waals surface area contributed by atoms with Crippen LogP contribution < -0.4 is 5.32 Å². The molecule has 4 atom stereocenters. The van der Waals surface area contributed by atoms with Crippen molar-refractivity contribution in [1.82, 2.24) is 5.32 Å². The first-order valence-electron chi connectivity index (χ1n) is 6.66. The smallest absolute Gasteiger partial charge is 0.408 e. The van der Waals surface area contributed by atoms with Crippen LogP contribution in [0.5, 0.6) is 0 Å². The highest BCUT2D eigenvalue weighted by atomic mass is 32.2. The summed E-state index contributed by atoms with van der Waals surface area (Å²) in [5.74, 6) is 0. The highest BCUT2D eigenvalue weighted by Gasteiger charge is 2.49. The van der Waals surface area contributed by atoms with Crippen LogP contribution in [0.3, 0.4) is 0 Å². The van der Waals surface area contributed by atoms with E-state index in [0.717, 1.165) is 0 Å². The number of nitrogens with one attached hydrogen (secondary N) is 1. The van der Waals surface area contributed by atoms with Crippen LogP contribution in [0.4, 0.5) is 4.79 Å². The van der Waals surface area contributed by atoms with Gasteiger partial charge in [0, 0.05) is 6.92 Å². The highest BCUT2D eigenvalue weighted by Crippen LogP contribution is 2.34. The third kappa shape index (κ3) is 3.86. The molecule has 0 unspecified atom stereocenters. The summed E-state index contributed by atoms with van der Waals surface area (Å²) in [6.45, 7) is 7.81. The standard InChI is InChI=1S/C13H21NO5S/c1-7(15)20-9-6-18-10-8(5-17-11(9)10)14-12(16)19-13(2,3)4/h8-11H,5-6H2,1-4H3,(H,14,16)/t8-,9-,10+,11+/m0/s1. The van der Waals surface area contributed by atoms with Crippen molar-refractivity contribution in [2.45, 2.75) is 56.8 Å². The van der Waals surface area contributed by atoms with Crippen LogP contribution in [0, 0.1) is 0 Å². The molecule has 0 aromatic carbocycles. The van der Waals surface area contributed by atoms with Gasteiger partial charge in [0.1, 0.15) is 17.8 Å². The number of fused-ring (bicyclic) bond motifs is 1. The first kappa shape index (κ1) is 15.6. The van der Waals surface area contributed by atoms with Gasteiger partial charge in [-0.05, 0) is 20.8 Å². The average molecular weight is 303 g/mol. The number of rotatable bonds is 2. The Kier molecular flexibility index (Phi) is 4.61. The van der Waals surface area contributed by atoms with E-state index in [1.807, 2.05) is 20.8 Å². The number of ether oxygens (including phenoxy) is 3. The summed E-state index contributed by atoms with van der Waals surface area (Å²) in [7, 11) is 0. The Morgan fingerprint density at radius 1 is 1.20 bits per heavy atom. The molecule has 20 heavy (non-hydrogen) atoms. The van der Waals surface area contributed by atoms with Crippen molar-refractivity contribution >= 4 is 23.0 Å². The van der Waals surface area contributed by atoms with Crippen LogP contribution in [-0.2, 0) is 19.0 Å². The summed E-state index contributed by atoms with van der Waals surface area (Å²) in [4.78, 5) is 22.9. The van der Waals surface area contributed by atoms with Crippen LogP contribution in [0.1, 0.15) is 27.7 Å². The SMILES string of the molecule is CC(=O)S[C@H]1CO[C@H]2[C@@H]1OC[C@@H]2NC(=O)OC(C)(C)C. The van der Waals surface area contributed by atoms with Gasteiger partial charge in [-0.1, -0.05) is 11.8 Å². The molecule has 0 saturated carbocycles. The van der Waals surface area contributed by atoms with Crippen LogP contribution in [0.25, 0.3) is 0 Å². The van der Waals surface area contributed by atoms with Gasteiger partial charge >= 0.3 is 6.09 Å². The zero-order valence-corrected chi connectivity index (χ0v) is 13.0. The molecule has 6 nitrogen and oxygen atoms in total. The van der Waals surface area contributed by atoms with E-state index < -0.39 is 11.7 Å². The number of thioether (sulfide) groups is 1. The van der Waals surface area contributed by atoms with Gasteiger partial charge in [0.15, 0.2) is 5.12 Å². The maximum atomic E-state index is 11.8. The molecule has 0 aromatic heterocycles. The lowest BCUT2D eigenvalue weighted by Crippen LogP contribution is -2.46. The number of hydrogen-bond acceptors (Lipinski definition) is 6. The van der Waals surface area contributed by atoms with Crippen molar-refractivity contribution in [3.8, 4) is 0 Å². The van der Waals surface area contributed by atoms with Crippen molar-refractivity contribution in [2.24, 2.45) is 0 Å². The molecule has 2 heterocycles. The number of hydrogen-bond donors (Lipinski definition) is 1. The molecule has 1 N–H and O–H groups in total. The predicted octanol–water partition coefficient (Wildman–Crippen LogP) is 1.33.